The molecule has 2 saturated heterocycles. The molecule has 0 aromatic carbocycles. The van der Waals surface area contributed by atoms with Crippen LogP contribution in [-0.4, -0.2) is 36.5 Å². The zero-order valence-corrected chi connectivity index (χ0v) is 10.4. The topological polar surface area (TPSA) is 32.3 Å². The van der Waals surface area contributed by atoms with Gasteiger partial charge in [-0.25, -0.2) is 0 Å². The first-order valence-electron chi connectivity index (χ1n) is 6.81. The predicted octanol–water partition coefficient (Wildman–Crippen LogP) is 1.78. The van der Waals surface area contributed by atoms with E-state index in [1.807, 2.05) is 0 Å². The van der Waals surface area contributed by atoms with Crippen molar-refractivity contribution >= 4 is 5.91 Å². The minimum atomic E-state index is 0.0897. The Morgan fingerprint density at radius 3 is 2.44 bits per heavy atom. The molecule has 2 atom stereocenters. The predicted molar refractivity (Wildman–Crippen MR) is 65.2 cm³/mol. The van der Waals surface area contributed by atoms with Gasteiger partial charge in [0.2, 0.25) is 5.91 Å². The average molecular weight is 224 g/mol. The van der Waals surface area contributed by atoms with E-state index >= 15 is 0 Å². The normalized spacial score (nSPS) is 32.2. The molecule has 1 N–H and O–H groups in total. The summed E-state index contributed by atoms with van der Waals surface area (Å²) in [5, 5.41) is 3.40. The van der Waals surface area contributed by atoms with E-state index in [-0.39, 0.29) is 6.04 Å². The van der Waals surface area contributed by atoms with E-state index in [0.29, 0.717) is 11.8 Å². The molecule has 0 spiro atoms. The van der Waals surface area contributed by atoms with Crippen LogP contribution in [0, 0.1) is 5.92 Å². The highest BCUT2D eigenvalue weighted by molar-refractivity contribution is 5.82. The van der Waals surface area contributed by atoms with Crippen LogP contribution in [0.5, 0.6) is 0 Å². The van der Waals surface area contributed by atoms with Crippen molar-refractivity contribution in [2.24, 2.45) is 5.92 Å². The quantitative estimate of drug-likeness (QED) is 0.736. The van der Waals surface area contributed by atoms with Crippen molar-refractivity contribution in [1.29, 1.82) is 0 Å². The van der Waals surface area contributed by atoms with E-state index < -0.39 is 0 Å². The van der Waals surface area contributed by atoms with Crippen molar-refractivity contribution < 1.29 is 4.79 Å². The van der Waals surface area contributed by atoms with Gasteiger partial charge in [-0.3, -0.25) is 4.79 Å². The molecule has 16 heavy (non-hydrogen) atoms. The smallest absolute Gasteiger partial charge is 0.239 e. The third-order valence-corrected chi connectivity index (χ3v) is 3.95. The number of nitrogens with one attached hydrogen (secondary N) is 1. The van der Waals surface area contributed by atoms with Crippen LogP contribution in [0.4, 0.5) is 0 Å². The van der Waals surface area contributed by atoms with E-state index in [0.717, 1.165) is 19.6 Å². The van der Waals surface area contributed by atoms with Gasteiger partial charge in [-0.05, 0) is 38.1 Å². The highest BCUT2D eigenvalue weighted by Gasteiger charge is 2.30. The van der Waals surface area contributed by atoms with E-state index in [4.69, 9.17) is 0 Å². The summed E-state index contributed by atoms with van der Waals surface area (Å²) in [4.78, 5) is 14.5. The summed E-state index contributed by atoms with van der Waals surface area (Å²) in [6.45, 7) is 5.16. The van der Waals surface area contributed by atoms with Gasteiger partial charge in [0.05, 0.1) is 6.04 Å². The van der Waals surface area contributed by atoms with Crippen LogP contribution < -0.4 is 5.32 Å². The van der Waals surface area contributed by atoms with Gasteiger partial charge >= 0.3 is 0 Å². The van der Waals surface area contributed by atoms with Crippen molar-refractivity contribution in [3.8, 4) is 0 Å². The van der Waals surface area contributed by atoms with Crippen LogP contribution >= 0.6 is 0 Å². The SMILES string of the molecule is CC1CCCNC1C(=O)N1CCCCCC1. The second-order valence-electron chi connectivity index (χ2n) is 5.29. The Morgan fingerprint density at radius 1 is 1.12 bits per heavy atom. The molecule has 2 rings (SSSR count). The molecule has 2 heterocycles. The van der Waals surface area contributed by atoms with Crippen LogP contribution in [0.3, 0.4) is 0 Å². The third kappa shape index (κ3) is 2.76. The Hall–Kier alpha value is -0.570. The summed E-state index contributed by atoms with van der Waals surface area (Å²) in [7, 11) is 0. The molecule has 0 radical (unpaired) electrons. The lowest BCUT2D eigenvalue weighted by Gasteiger charge is -2.33. The fourth-order valence-corrected chi connectivity index (χ4v) is 2.87. The van der Waals surface area contributed by atoms with Gasteiger partial charge in [-0.15, -0.1) is 0 Å². The molecule has 3 nitrogen and oxygen atoms in total. The number of carbonyl (C=O) groups is 1. The molecule has 0 aromatic heterocycles. The monoisotopic (exact) mass is 224 g/mol. The fraction of sp³-hybridized carbons (Fsp3) is 0.923. The van der Waals surface area contributed by atoms with Crippen molar-refractivity contribution in [1.82, 2.24) is 10.2 Å². The largest absolute Gasteiger partial charge is 0.341 e. The highest BCUT2D eigenvalue weighted by Crippen LogP contribution is 2.19. The van der Waals surface area contributed by atoms with Gasteiger partial charge in [0.15, 0.2) is 0 Å². The lowest BCUT2D eigenvalue weighted by Crippen LogP contribution is -2.52. The summed E-state index contributed by atoms with van der Waals surface area (Å²) in [5.41, 5.74) is 0. The minimum absolute atomic E-state index is 0.0897. The van der Waals surface area contributed by atoms with E-state index in [1.165, 1.54) is 38.5 Å². The molecule has 92 valence electrons. The molecule has 2 aliphatic rings. The summed E-state index contributed by atoms with van der Waals surface area (Å²) in [6.07, 6.45) is 7.36. The first kappa shape index (κ1) is 11.9. The van der Waals surface area contributed by atoms with Gasteiger partial charge in [0, 0.05) is 13.1 Å². The molecular formula is C13H24N2O. The summed E-state index contributed by atoms with van der Waals surface area (Å²) in [5.74, 6) is 0.860. The Balaban J connectivity index is 1.93. The molecule has 3 heteroatoms. The Kier molecular flexibility index (Phi) is 4.22. The van der Waals surface area contributed by atoms with Crippen LogP contribution in [0.2, 0.25) is 0 Å². The van der Waals surface area contributed by atoms with Crippen molar-refractivity contribution in [3.63, 3.8) is 0 Å². The summed E-state index contributed by atoms with van der Waals surface area (Å²) >= 11 is 0. The average Bonchev–Trinajstić information content (AvgIpc) is 2.57. The third-order valence-electron chi connectivity index (χ3n) is 3.95. The Bertz CT molecular complexity index is 234. The number of piperidine rings is 1. The van der Waals surface area contributed by atoms with Gasteiger partial charge in [0.25, 0.3) is 0 Å². The van der Waals surface area contributed by atoms with Crippen LogP contribution in [-0.2, 0) is 4.79 Å². The van der Waals surface area contributed by atoms with Crippen molar-refractivity contribution in [3.05, 3.63) is 0 Å². The number of hydrogen-bond donors (Lipinski definition) is 1. The summed E-state index contributed by atoms with van der Waals surface area (Å²) in [6, 6.07) is 0.0897. The second kappa shape index (κ2) is 5.67. The molecule has 0 bridgehead atoms. The lowest BCUT2D eigenvalue weighted by atomic mass is 9.92. The van der Waals surface area contributed by atoms with Gasteiger partial charge in [-0.2, -0.15) is 0 Å². The van der Waals surface area contributed by atoms with Crippen LogP contribution in [0.1, 0.15) is 45.4 Å². The van der Waals surface area contributed by atoms with Crippen LogP contribution in [0.25, 0.3) is 0 Å². The molecule has 0 aliphatic carbocycles. The number of likely N-dealkylation sites (tertiary alicyclic amines) is 1. The van der Waals surface area contributed by atoms with E-state index in [2.05, 4.69) is 17.1 Å². The second-order valence-corrected chi connectivity index (χ2v) is 5.29. The maximum atomic E-state index is 12.4. The van der Waals surface area contributed by atoms with Crippen LogP contribution in [0.15, 0.2) is 0 Å². The zero-order valence-electron chi connectivity index (χ0n) is 10.4. The molecule has 2 aliphatic heterocycles. The standard InChI is InChI=1S/C13H24N2O/c1-11-7-6-8-14-12(11)13(16)15-9-4-2-3-5-10-15/h11-12,14H,2-10H2,1H3. The first-order valence-corrected chi connectivity index (χ1v) is 6.81. The number of amides is 1. The molecule has 2 unspecified atom stereocenters. The van der Waals surface area contributed by atoms with Gasteiger partial charge in [-0.1, -0.05) is 19.8 Å². The zero-order chi connectivity index (χ0) is 11.4. The summed E-state index contributed by atoms with van der Waals surface area (Å²) < 4.78 is 0. The Labute approximate surface area is 98.6 Å². The number of hydrogen-bond acceptors (Lipinski definition) is 2. The minimum Gasteiger partial charge on any atom is -0.341 e. The first-order chi connectivity index (χ1) is 7.79. The Morgan fingerprint density at radius 2 is 1.81 bits per heavy atom. The fourth-order valence-electron chi connectivity index (χ4n) is 2.87. The molecule has 0 saturated carbocycles. The van der Waals surface area contributed by atoms with Crippen molar-refractivity contribution in [2.45, 2.75) is 51.5 Å². The van der Waals surface area contributed by atoms with Gasteiger partial charge in [0.1, 0.15) is 0 Å². The maximum absolute atomic E-state index is 12.4. The molecule has 1 amide bonds. The molecule has 2 fully saturated rings. The molecular weight excluding hydrogens is 200 g/mol. The maximum Gasteiger partial charge on any atom is 0.239 e. The number of carbonyl (C=O) groups excluding carboxylic acids is 1. The number of nitrogens with zero attached hydrogens (tertiary/aromatic N) is 1. The molecule has 0 aromatic rings. The van der Waals surface area contributed by atoms with Crippen molar-refractivity contribution in [2.75, 3.05) is 19.6 Å². The highest BCUT2D eigenvalue weighted by atomic mass is 16.2. The van der Waals surface area contributed by atoms with E-state index in [1.54, 1.807) is 0 Å². The van der Waals surface area contributed by atoms with E-state index in [9.17, 15) is 4.79 Å². The lowest BCUT2D eigenvalue weighted by molar-refractivity contribution is -0.135. The number of rotatable bonds is 1. The van der Waals surface area contributed by atoms with Gasteiger partial charge < -0.3 is 10.2 Å².